The standard InChI is InChI=1S/C9H14N2O2/c12-8(13)9(3-1-2-4-9)7-10-5-6-11-7/h1-6H2,(H,10,11)(H,12,13). The summed E-state index contributed by atoms with van der Waals surface area (Å²) < 4.78 is 0. The van der Waals surface area contributed by atoms with E-state index in [1.807, 2.05) is 0 Å². The van der Waals surface area contributed by atoms with E-state index in [0.717, 1.165) is 44.6 Å². The molecule has 0 aromatic carbocycles. The Morgan fingerprint density at radius 1 is 1.46 bits per heavy atom. The summed E-state index contributed by atoms with van der Waals surface area (Å²) in [7, 11) is 0. The third kappa shape index (κ3) is 1.20. The minimum Gasteiger partial charge on any atom is -0.480 e. The predicted octanol–water partition coefficient (Wildman–Crippen LogP) is 0.633. The normalized spacial score (nSPS) is 25.4. The van der Waals surface area contributed by atoms with E-state index < -0.39 is 11.4 Å². The minimum atomic E-state index is -0.710. The van der Waals surface area contributed by atoms with Crippen molar-refractivity contribution in [2.24, 2.45) is 10.4 Å². The van der Waals surface area contributed by atoms with Crippen LogP contribution >= 0.6 is 0 Å². The van der Waals surface area contributed by atoms with E-state index in [2.05, 4.69) is 10.3 Å². The van der Waals surface area contributed by atoms with Gasteiger partial charge < -0.3 is 10.4 Å². The molecule has 72 valence electrons. The van der Waals surface area contributed by atoms with Crippen molar-refractivity contribution < 1.29 is 9.90 Å². The van der Waals surface area contributed by atoms with E-state index in [-0.39, 0.29) is 0 Å². The number of rotatable bonds is 2. The number of nitrogens with one attached hydrogen (secondary N) is 1. The second-order valence-corrected chi connectivity index (χ2v) is 3.75. The number of nitrogens with zero attached hydrogens (tertiary/aromatic N) is 1. The van der Waals surface area contributed by atoms with Crippen LogP contribution in [-0.2, 0) is 4.79 Å². The van der Waals surface area contributed by atoms with Gasteiger partial charge in [0.2, 0.25) is 0 Å². The number of aliphatic imine (C=N–C) groups is 1. The number of aliphatic carboxylic acids is 1. The zero-order valence-corrected chi connectivity index (χ0v) is 7.55. The van der Waals surface area contributed by atoms with Crippen LogP contribution in [0, 0.1) is 5.41 Å². The number of hydrogen-bond acceptors (Lipinski definition) is 3. The molecule has 1 heterocycles. The number of hydrogen-bond donors (Lipinski definition) is 2. The molecule has 4 heteroatoms. The van der Waals surface area contributed by atoms with Crippen LogP contribution in [0.25, 0.3) is 0 Å². The zero-order chi connectivity index (χ0) is 9.31. The van der Waals surface area contributed by atoms with Gasteiger partial charge in [0.15, 0.2) is 0 Å². The van der Waals surface area contributed by atoms with Gasteiger partial charge in [0.1, 0.15) is 11.3 Å². The lowest BCUT2D eigenvalue weighted by molar-refractivity contribution is -0.144. The van der Waals surface area contributed by atoms with Crippen molar-refractivity contribution in [1.29, 1.82) is 0 Å². The van der Waals surface area contributed by atoms with Crippen molar-refractivity contribution >= 4 is 11.8 Å². The van der Waals surface area contributed by atoms with Crippen LogP contribution in [0.3, 0.4) is 0 Å². The lowest BCUT2D eigenvalue weighted by atomic mass is 9.85. The zero-order valence-electron chi connectivity index (χ0n) is 7.55. The van der Waals surface area contributed by atoms with Crippen LogP contribution in [0.4, 0.5) is 0 Å². The van der Waals surface area contributed by atoms with Crippen LogP contribution in [0.2, 0.25) is 0 Å². The van der Waals surface area contributed by atoms with Gasteiger partial charge in [0.05, 0.1) is 6.54 Å². The number of carboxylic acids is 1. The first kappa shape index (κ1) is 8.53. The smallest absolute Gasteiger partial charge is 0.317 e. The molecule has 2 rings (SSSR count). The summed E-state index contributed by atoms with van der Waals surface area (Å²) in [6.07, 6.45) is 3.50. The highest BCUT2D eigenvalue weighted by Gasteiger charge is 2.46. The SMILES string of the molecule is O=C(O)C1(C2=NCCN2)CCCC1. The highest BCUT2D eigenvalue weighted by Crippen LogP contribution is 2.39. The van der Waals surface area contributed by atoms with E-state index in [4.69, 9.17) is 0 Å². The Bertz CT molecular complexity index is 254. The third-order valence-electron chi connectivity index (χ3n) is 2.99. The van der Waals surface area contributed by atoms with Gasteiger partial charge in [-0.2, -0.15) is 0 Å². The third-order valence-corrected chi connectivity index (χ3v) is 2.99. The quantitative estimate of drug-likeness (QED) is 0.658. The summed E-state index contributed by atoms with van der Waals surface area (Å²) in [5.41, 5.74) is -0.670. The van der Waals surface area contributed by atoms with Crippen molar-refractivity contribution in [3.05, 3.63) is 0 Å². The van der Waals surface area contributed by atoms with Gasteiger partial charge >= 0.3 is 5.97 Å². The molecule has 0 spiro atoms. The lowest BCUT2D eigenvalue weighted by Crippen LogP contribution is -2.42. The molecule has 1 fully saturated rings. The summed E-state index contributed by atoms with van der Waals surface area (Å²) in [5.74, 6) is 0.00986. The molecule has 0 aromatic rings. The van der Waals surface area contributed by atoms with Gasteiger partial charge in [-0.25, -0.2) is 0 Å². The Kier molecular flexibility index (Phi) is 1.98. The molecule has 1 saturated carbocycles. The van der Waals surface area contributed by atoms with Crippen molar-refractivity contribution in [2.45, 2.75) is 25.7 Å². The van der Waals surface area contributed by atoms with Gasteiger partial charge in [-0.05, 0) is 12.8 Å². The summed E-state index contributed by atoms with van der Waals surface area (Å²) in [6, 6.07) is 0. The minimum absolute atomic E-state index is 0.670. The molecule has 2 N–H and O–H groups in total. The monoisotopic (exact) mass is 182 g/mol. The Morgan fingerprint density at radius 2 is 2.15 bits per heavy atom. The summed E-state index contributed by atoms with van der Waals surface area (Å²) >= 11 is 0. The molecule has 0 atom stereocenters. The maximum atomic E-state index is 11.2. The van der Waals surface area contributed by atoms with Gasteiger partial charge in [0, 0.05) is 6.54 Å². The molecule has 0 unspecified atom stereocenters. The Balaban J connectivity index is 2.26. The summed E-state index contributed by atoms with van der Waals surface area (Å²) in [4.78, 5) is 15.4. The average Bonchev–Trinajstić information content (AvgIpc) is 2.75. The molecule has 0 saturated heterocycles. The van der Waals surface area contributed by atoms with E-state index >= 15 is 0 Å². The van der Waals surface area contributed by atoms with Gasteiger partial charge in [-0.15, -0.1) is 0 Å². The van der Waals surface area contributed by atoms with Gasteiger partial charge in [-0.3, -0.25) is 9.79 Å². The maximum absolute atomic E-state index is 11.2. The van der Waals surface area contributed by atoms with Crippen LogP contribution < -0.4 is 5.32 Å². The van der Waals surface area contributed by atoms with Crippen molar-refractivity contribution in [3.8, 4) is 0 Å². The second kappa shape index (κ2) is 3.01. The number of amidine groups is 1. The largest absolute Gasteiger partial charge is 0.480 e. The molecular formula is C9H14N2O2. The molecule has 2 aliphatic rings. The van der Waals surface area contributed by atoms with Crippen LogP contribution in [-0.4, -0.2) is 30.0 Å². The Hall–Kier alpha value is -1.06. The molecule has 0 radical (unpaired) electrons. The Morgan fingerprint density at radius 3 is 2.62 bits per heavy atom. The fraction of sp³-hybridized carbons (Fsp3) is 0.778. The van der Waals surface area contributed by atoms with Crippen molar-refractivity contribution in [1.82, 2.24) is 5.32 Å². The fourth-order valence-corrected chi connectivity index (χ4v) is 2.25. The summed E-state index contributed by atoms with van der Waals surface area (Å²) in [6.45, 7) is 1.52. The molecule has 4 nitrogen and oxygen atoms in total. The summed E-state index contributed by atoms with van der Waals surface area (Å²) in [5, 5.41) is 12.3. The van der Waals surface area contributed by atoms with Crippen LogP contribution in [0.1, 0.15) is 25.7 Å². The predicted molar refractivity (Wildman–Crippen MR) is 48.8 cm³/mol. The molecule has 13 heavy (non-hydrogen) atoms. The topological polar surface area (TPSA) is 61.7 Å². The van der Waals surface area contributed by atoms with E-state index in [1.54, 1.807) is 0 Å². The van der Waals surface area contributed by atoms with E-state index in [0.29, 0.717) is 0 Å². The molecule has 0 aromatic heterocycles. The molecule has 1 aliphatic heterocycles. The second-order valence-electron chi connectivity index (χ2n) is 3.75. The highest BCUT2D eigenvalue weighted by atomic mass is 16.4. The number of carbonyl (C=O) groups is 1. The van der Waals surface area contributed by atoms with Gasteiger partial charge in [-0.1, -0.05) is 12.8 Å². The van der Waals surface area contributed by atoms with E-state index in [1.165, 1.54) is 0 Å². The molecule has 1 aliphatic carbocycles. The molecular weight excluding hydrogens is 168 g/mol. The molecule has 0 amide bonds. The highest BCUT2D eigenvalue weighted by molar-refractivity contribution is 6.05. The lowest BCUT2D eigenvalue weighted by Gasteiger charge is -2.23. The number of carboxylic acid groups (broad SMARTS) is 1. The van der Waals surface area contributed by atoms with Gasteiger partial charge in [0.25, 0.3) is 0 Å². The van der Waals surface area contributed by atoms with Crippen molar-refractivity contribution in [2.75, 3.05) is 13.1 Å². The maximum Gasteiger partial charge on any atom is 0.317 e. The Labute approximate surface area is 77.0 Å². The van der Waals surface area contributed by atoms with Crippen LogP contribution in [0.15, 0.2) is 4.99 Å². The first-order valence-corrected chi connectivity index (χ1v) is 4.78. The first-order chi connectivity index (χ1) is 6.26. The van der Waals surface area contributed by atoms with Crippen LogP contribution in [0.5, 0.6) is 0 Å². The fourth-order valence-electron chi connectivity index (χ4n) is 2.25. The average molecular weight is 182 g/mol. The molecule has 0 bridgehead atoms. The first-order valence-electron chi connectivity index (χ1n) is 4.78. The van der Waals surface area contributed by atoms with E-state index in [9.17, 15) is 9.90 Å². The van der Waals surface area contributed by atoms with Crippen molar-refractivity contribution in [3.63, 3.8) is 0 Å².